The zero-order valence-electron chi connectivity index (χ0n) is 17.1. The van der Waals surface area contributed by atoms with Gasteiger partial charge in [0.1, 0.15) is 12.6 Å². The summed E-state index contributed by atoms with van der Waals surface area (Å²) in [6, 6.07) is 8.72. The van der Waals surface area contributed by atoms with E-state index in [0.29, 0.717) is 28.7 Å². The van der Waals surface area contributed by atoms with Gasteiger partial charge in [0.25, 0.3) is 5.69 Å². The molecular weight excluding hydrogens is 412 g/mol. The molecule has 1 atom stereocenters. The van der Waals surface area contributed by atoms with Crippen molar-refractivity contribution >= 4 is 23.3 Å². The average molecular weight is 437 g/mol. The second-order valence-corrected chi connectivity index (χ2v) is 7.38. The van der Waals surface area contributed by atoms with E-state index < -0.39 is 16.9 Å². The Balaban J connectivity index is 2.15. The fraction of sp³-hybridized carbons (Fsp3) is 0.381. The molecule has 162 valence electrons. The molecule has 0 radical (unpaired) electrons. The van der Waals surface area contributed by atoms with E-state index in [0.717, 1.165) is 5.56 Å². The van der Waals surface area contributed by atoms with E-state index in [2.05, 4.69) is 5.32 Å². The van der Waals surface area contributed by atoms with Crippen molar-refractivity contribution in [3.63, 3.8) is 0 Å². The van der Waals surface area contributed by atoms with E-state index in [-0.39, 0.29) is 24.8 Å². The van der Waals surface area contributed by atoms with Crippen LogP contribution in [0.1, 0.15) is 31.9 Å². The number of benzene rings is 2. The minimum atomic E-state index is -0.922. The van der Waals surface area contributed by atoms with E-state index in [9.17, 15) is 20.0 Å². The molecule has 0 aliphatic heterocycles. The van der Waals surface area contributed by atoms with E-state index >= 15 is 0 Å². The monoisotopic (exact) mass is 436 g/mol. The van der Waals surface area contributed by atoms with Gasteiger partial charge in [0.2, 0.25) is 0 Å². The zero-order valence-corrected chi connectivity index (χ0v) is 17.8. The van der Waals surface area contributed by atoms with Crippen LogP contribution in [0.4, 0.5) is 5.69 Å². The van der Waals surface area contributed by atoms with E-state index in [1.807, 2.05) is 20.8 Å². The normalized spacial score (nSPS) is 11.9. The van der Waals surface area contributed by atoms with Gasteiger partial charge >= 0.3 is 5.97 Å². The van der Waals surface area contributed by atoms with Crippen LogP contribution in [0.25, 0.3) is 0 Å². The molecule has 0 amide bonds. The number of nitrogens with one attached hydrogen (secondary N) is 1. The van der Waals surface area contributed by atoms with Crippen LogP contribution in [0.3, 0.4) is 0 Å². The van der Waals surface area contributed by atoms with Gasteiger partial charge in [-0.25, -0.2) is 0 Å². The molecular formula is C21H25ClN2O6. The largest absolute Gasteiger partial charge is 0.490 e. The van der Waals surface area contributed by atoms with Gasteiger partial charge in [-0.3, -0.25) is 14.9 Å². The number of carboxylic acid groups (broad SMARTS) is 1. The Morgan fingerprint density at radius 1 is 1.20 bits per heavy atom. The molecule has 0 aliphatic carbocycles. The lowest BCUT2D eigenvalue weighted by Crippen LogP contribution is -2.40. The lowest BCUT2D eigenvalue weighted by Gasteiger charge is -2.19. The second-order valence-electron chi connectivity index (χ2n) is 6.98. The van der Waals surface area contributed by atoms with Crippen LogP contribution in [-0.2, 0) is 17.9 Å². The molecule has 2 aromatic rings. The molecule has 2 N–H and O–H groups in total. The number of non-ortho nitro benzene ring substituents is 1. The number of hydrogen-bond donors (Lipinski definition) is 2. The van der Waals surface area contributed by atoms with Crippen LogP contribution in [0, 0.1) is 16.0 Å². The highest BCUT2D eigenvalue weighted by Gasteiger charge is 2.21. The maximum atomic E-state index is 11.4. The number of carboxylic acids is 1. The molecule has 0 heterocycles. The van der Waals surface area contributed by atoms with Gasteiger partial charge in [0.05, 0.1) is 11.5 Å². The van der Waals surface area contributed by atoms with Gasteiger partial charge in [-0.05, 0) is 42.2 Å². The van der Waals surface area contributed by atoms with Gasteiger partial charge in [0.15, 0.2) is 11.5 Å². The summed E-state index contributed by atoms with van der Waals surface area (Å²) >= 11 is 6.38. The SMILES string of the molecule is CCOc1cc(CNC(C(=O)O)C(C)C)c(Cl)cc1OCc1ccc([N+](=O)[O-])cc1. The van der Waals surface area contributed by atoms with Crippen molar-refractivity contribution in [1.82, 2.24) is 5.32 Å². The van der Waals surface area contributed by atoms with Gasteiger partial charge in [-0.15, -0.1) is 0 Å². The number of hydrogen-bond acceptors (Lipinski definition) is 6. The summed E-state index contributed by atoms with van der Waals surface area (Å²) in [6.07, 6.45) is 0. The summed E-state index contributed by atoms with van der Waals surface area (Å²) in [7, 11) is 0. The molecule has 0 fully saturated rings. The Kier molecular flexibility index (Phi) is 8.44. The summed E-state index contributed by atoms with van der Waals surface area (Å²) in [4.78, 5) is 21.7. The molecule has 9 heteroatoms. The molecule has 0 aliphatic rings. The molecule has 2 aromatic carbocycles. The Morgan fingerprint density at radius 2 is 1.83 bits per heavy atom. The maximum absolute atomic E-state index is 11.4. The van der Waals surface area contributed by atoms with Crippen molar-refractivity contribution < 1.29 is 24.3 Å². The van der Waals surface area contributed by atoms with Crippen LogP contribution < -0.4 is 14.8 Å². The van der Waals surface area contributed by atoms with Crippen molar-refractivity contribution in [2.75, 3.05) is 6.61 Å². The third-order valence-electron chi connectivity index (χ3n) is 4.40. The number of aliphatic carboxylic acids is 1. The Morgan fingerprint density at radius 3 is 2.37 bits per heavy atom. The lowest BCUT2D eigenvalue weighted by atomic mass is 10.0. The summed E-state index contributed by atoms with van der Waals surface area (Å²) < 4.78 is 11.5. The molecule has 0 saturated carbocycles. The van der Waals surface area contributed by atoms with Crippen molar-refractivity contribution in [2.24, 2.45) is 5.92 Å². The first-order chi connectivity index (χ1) is 14.2. The van der Waals surface area contributed by atoms with E-state index in [4.69, 9.17) is 21.1 Å². The molecule has 0 bridgehead atoms. The third kappa shape index (κ3) is 6.33. The fourth-order valence-corrected chi connectivity index (χ4v) is 3.02. The minimum absolute atomic E-state index is 0.00900. The molecule has 2 rings (SSSR count). The van der Waals surface area contributed by atoms with E-state index in [1.165, 1.54) is 12.1 Å². The number of ether oxygens (including phenoxy) is 2. The molecule has 0 aromatic heterocycles. The predicted octanol–water partition coefficient (Wildman–Crippen LogP) is 4.42. The van der Waals surface area contributed by atoms with Crippen LogP contribution in [0.2, 0.25) is 5.02 Å². The first-order valence-corrected chi connectivity index (χ1v) is 9.88. The van der Waals surface area contributed by atoms with Crippen molar-refractivity contribution in [3.05, 3.63) is 62.7 Å². The summed E-state index contributed by atoms with van der Waals surface area (Å²) in [5, 5.41) is 23.5. The van der Waals surface area contributed by atoms with Crippen molar-refractivity contribution in [3.8, 4) is 11.5 Å². The zero-order chi connectivity index (χ0) is 22.3. The number of nitro benzene ring substituents is 1. The fourth-order valence-electron chi connectivity index (χ4n) is 2.80. The Labute approximate surface area is 179 Å². The standard InChI is InChI=1S/C21H25ClN2O6/c1-4-29-18-9-15(11-23-20(13(2)3)21(25)26)17(22)10-19(18)30-12-14-5-7-16(8-6-14)24(27)28/h5-10,13,20,23H,4,11-12H2,1-3H3,(H,25,26). The molecule has 8 nitrogen and oxygen atoms in total. The number of nitro groups is 1. The summed E-state index contributed by atoms with van der Waals surface area (Å²) in [6.45, 7) is 6.34. The van der Waals surface area contributed by atoms with Gasteiger partial charge in [0, 0.05) is 29.8 Å². The quantitative estimate of drug-likeness (QED) is 0.396. The van der Waals surface area contributed by atoms with Crippen molar-refractivity contribution in [2.45, 2.75) is 40.0 Å². The molecule has 0 spiro atoms. The molecule has 1 unspecified atom stereocenters. The highest BCUT2D eigenvalue weighted by Crippen LogP contribution is 2.34. The van der Waals surface area contributed by atoms with Crippen LogP contribution in [0.5, 0.6) is 11.5 Å². The van der Waals surface area contributed by atoms with Gasteiger partial charge in [-0.2, -0.15) is 0 Å². The number of halogens is 1. The predicted molar refractivity (Wildman–Crippen MR) is 113 cm³/mol. The Bertz CT molecular complexity index is 886. The summed E-state index contributed by atoms with van der Waals surface area (Å²) in [5.41, 5.74) is 1.45. The molecule has 30 heavy (non-hydrogen) atoms. The highest BCUT2D eigenvalue weighted by atomic mass is 35.5. The van der Waals surface area contributed by atoms with E-state index in [1.54, 1.807) is 24.3 Å². The number of nitrogens with zero attached hydrogens (tertiary/aromatic N) is 1. The Hall–Kier alpha value is -2.84. The number of carbonyl (C=O) groups is 1. The average Bonchev–Trinajstić information content (AvgIpc) is 2.68. The minimum Gasteiger partial charge on any atom is -0.490 e. The smallest absolute Gasteiger partial charge is 0.320 e. The number of rotatable bonds is 11. The highest BCUT2D eigenvalue weighted by molar-refractivity contribution is 6.31. The topological polar surface area (TPSA) is 111 Å². The summed E-state index contributed by atoms with van der Waals surface area (Å²) in [5.74, 6) is -0.0919. The van der Waals surface area contributed by atoms with Crippen LogP contribution >= 0.6 is 11.6 Å². The molecule has 0 saturated heterocycles. The first-order valence-electron chi connectivity index (χ1n) is 9.50. The van der Waals surface area contributed by atoms with Crippen LogP contribution in [0.15, 0.2) is 36.4 Å². The van der Waals surface area contributed by atoms with Crippen molar-refractivity contribution in [1.29, 1.82) is 0 Å². The van der Waals surface area contributed by atoms with Crippen LogP contribution in [-0.4, -0.2) is 28.6 Å². The lowest BCUT2D eigenvalue weighted by molar-refractivity contribution is -0.384. The van der Waals surface area contributed by atoms with Gasteiger partial charge < -0.3 is 19.9 Å². The third-order valence-corrected chi connectivity index (χ3v) is 4.75. The second kappa shape index (κ2) is 10.8. The first kappa shape index (κ1) is 23.4. The maximum Gasteiger partial charge on any atom is 0.320 e. The van der Waals surface area contributed by atoms with Gasteiger partial charge in [-0.1, -0.05) is 25.4 Å².